The predicted molar refractivity (Wildman–Crippen MR) is 290 cm³/mol. The van der Waals surface area contributed by atoms with E-state index in [0.717, 1.165) is 89.9 Å². The Balaban J connectivity index is 2.23. The summed E-state index contributed by atoms with van der Waals surface area (Å²) < 4.78 is 11.3. The molecule has 0 saturated carbocycles. The summed E-state index contributed by atoms with van der Waals surface area (Å²) in [6.07, 6.45) is 60.6. The van der Waals surface area contributed by atoms with Crippen LogP contribution in [0, 0.1) is 0 Å². The zero-order valence-electron chi connectivity index (χ0n) is 44.3. The molecule has 6 N–H and O–H groups in total. The first-order chi connectivity index (χ1) is 33.8. The lowest BCUT2D eigenvalue weighted by Crippen LogP contribution is -2.60. The van der Waals surface area contributed by atoms with Gasteiger partial charge in [-0.15, -0.1) is 0 Å². The molecule has 1 rings (SSSR count). The van der Waals surface area contributed by atoms with E-state index in [2.05, 4.69) is 92.1 Å². The van der Waals surface area contributed by atoms with Crippen molar-refractivity contribution in [2.45, 2.75) is 288 Å². The van der Waals surface area contributed by atoms with Crippen molar-refractivity contribution in [3.8, 4) is 0 Å². The number of allylic oxidation sites excluding steroid dienone is 12. The maximum Gasteiger partial charge on any atom is 0.220 e. The summed E-state index contributed by atoms with van der Waals surface area (Å²) in [5, 5.41) is 54.7. The fraction of sp³-hybridized carbons (Fsp3) is 0.783. The second kappa shape index (κ2) is 49.2. The van der Waals surface area contributed by atoms with E-state index in [9.17, 15) is 30.3 Å². The van der Waals surface area contributed by atoms with Crippen LogP contribution in [0.25, 0.3) is 0 Å². The average Bonchev–Trinajstić information content (AvgIpc) is 3.35. The van der Waals surface area contributed by atoms with Crippen molar-refractivity contribution in [2.24, 2.45) is 0 Å². The number of carbonyl (C=O) groups is 1. The van der Waals surface area contributed by atoms with E-state index in [1.165, 1.54) is 128 Å². The van der Waals surface area contributed by atoms with E-state index in [0.29, 0.717) is 12.8 Å². The third-order valence-corrected chi connectivity index (χ3v) is 13.3. The van der Waals surface area contributed by atoms with Gasteiger partial charge in [-0.3, -0.25) is 4.79 Å². The number of ether oxygens (including phenoxy) is 2. The first kappa shape index (κ1) is 64.6. The molecular formula is C60H107NO8. The van der Waals surface area contributed by atoms with Gasteiger partial charge in [0.15, 0.2) is 6.29 Å². The number of aliphatic hydroxyl groups is 5. The molecule has 1 amide bonds. The van der Waals surface area contributed by atoms with Gasteiger partial charge in [0.2, 0.25) is 5.91 Å². The summed E-state index contributed by atoms with van der Waals surface area (Å²) in [5.74, 6) is -0.154. The van der Waals surface area contributed by atoms with Crippen molar-refractivity contribution in [1.82, 2.24) is 5.32 Å². The van der Waals surface area contributed by atoms with Crippen LogP contribution < -0.4 is 5.32 Å². The molecule has 69 heavy (non-hydrogen) atoms. The monoisotopic (exact) mass is 970 g/mol. The maximum atomic E-state index is 13.1. The van der Waals surface area contributed by atoms with Gasteiger partial charge in [0, 0.05) is 6.42 Å². The number of nitrogens with one attached hydrogen (secondary N) is 1. The van der Waals surface area contributed by atoms with E-state index < -0.39 is 49.5 Å². The number of rotatable bonds is 48. The van der Waals surface area contributed by atoms with Gasteiger partial charge in [-0.05, 0) is 64.2 Å². The number of hydrogen-bond acceptors (Lipinski definition) is 8. The van der Waals surface area contributed by atoms with Crippen molar-refractivity contribution in [3.05, 3.63) is 72.9 Å². The first-order valence-corrected chi connectivity index (χ1v) is 28.6. The Morgan fingerprint density at radius 3 is 1.33 bits per heavy atom. The molecule has 1 aliphatic heterocycles. The Labute approximate surface area is 423 Å². The number of unbranched alkanes of at least 4 members (excludes halogenated alkanes) is 26. The van der Waals surface area contributed by atoms with Crippen LogP contribution in [0.1, 0.15) is 245 Å². The Hall–Kier alpha value is -2.37. The standard InChI is InChI=1S/C60H107NO8/c1-3-5-7-9-11-13-15-17-19-21-23-24-25-26-27-28-29-30-32-34-36-38-40-42-44-46-48-50-56(64)61-53(52-68-60-59(67)58(66)57(65)55(51-62)69-60)54(63)49-47-45-43-41-39-37-35-33-31-22-20-18-16-14-12-10-8-6-4-2/h5,7,11,13,17,19,23-24,26-27,29-30,53-55,57-60,62-63,65-67H,3-4,6,8-10,12,14-16,18,20-22,25,28,31-52H2,1-2H3,(H,61,64)/b7-5-,13-11-,19-17-,24-23-,27-26-,30-29-. The van der Waals surface area contributed by atoms with Crippen molar-refractivity contribution < 1.29 is 39.8 Å². The molecule has 9 heteroatoms. The molecule has 0 aromatic rings. The number of aliphatic hydroxyl groups excluding tert-OH is 5. The molecule has 1 fully saturated rings. The van der Waals surface area contributed by atoms with Gasteiger partial charge < -0.3 is 40.3 Å². The van der Waals surface area contributed by atoms with E-state index in [-0.39, 0.29) is 12.5 Å². The Morgan fingerprint density at radius 2 is 0.899 bits per heavy atom. The topological polar surface area (TPSA) is 149 Å². The molecule has 7 atom stereocenters. The van der Waals surface area contributed by atoms with Gasteiger partial charge in [0.05, 0.1) is 25.4 Å². The smallest absolute Gasteiger partial charge is 0.220 e. The number of hydrogen-bond donors (Lipinski definition) is 6. The minimum absolute atomic E-state index is 0.144. The Kier molecular flexibility index (Phi) is 46.1. The van der Waals surface area contributed by atoms with Crippen LogP contribution in [0.4, 0.5) is 0 Å². The summed E-state index contributed by atoms with van der Waals surface area (Å²) in [7, 11) is 0. The normalized spacial score (nSPS) is 20.0. The second-order valence-corrected chi connectivity index (χ2v) is 19.7. The van der Waals surface area contributed by atoms with Gasteiger partial charge in [0.1, 0.15) is 24.4 Å². The Bertz CT molecular complexity index is 1310. The molecule has 0 aliphatic carbocycles. The van der Waals surface area contributed by atoms with E-state index in [1.807, 2.05) is 0 Å². The summed E-state index contributed by atoms with van der Waals surface area (Å²) in [5.41, 5.74) is 0. The summed E-state index contributed by atoms with van der Waals surface area (Å²) in [4.78, 5) is 13.1. The van der Waals surface area contributed by atoms with Gasteiger partial charge in [0.25, 0.3) is 0 Å². The lowest BCUT2D eigenvalue weighted by Gasteiger charge is -2.40. The van der Waals surface area contributed by atoms with Crippen LogP contribution >= 0.6 is 0 Å². The van der Waals surface area contributed by atoms with Crippen LogP contribution in [0.5, 0.6) is 0 Å². The first-order valence-electron chi connectivity index (χ1n) is 28.6. The largest absolute Gasteiger partial charge is 0.394 e. The molecule has 7 unspecified atom stereocenters. The number of carbonyl (C=O) groups excluding carboxylic acids is 1. The second-order valence-electron chi connectivity index (χ2n) is 19.7. The minimum Gasteiger partial charge on any atom is -0.394 e. The van der Waals surface area contributed by atoms with Gasteiger partial charge in [-0.25, -0.2) is 0 Å². The van der Waals surface area contributed by atoms with E-state index in [4.69, 9.17) is 9.47 Å². The van der Waals surface area contributed by atoms with Crippen molar-refractivity contribution >= 4 is 5.91 Å². The summed E-state index contributed by atoms with van der Waals surface area (Å²) in [6, 6.07) is -0.728. The lowest BCUT2D eigenvalue weighted by atomic mass is 9.99. The van der Waals surface area contributed by atoms with Crippen LogP contribution in [-0.4, -0.2) is 87.5 Å². The summed E-state index contributed by atoms with van der Waals surface area (Å²) >= 11 is 0. The van der Waals surface area contributed by atoms with E-state index >= 15 is 0 Å². The van der Waals surface area contributed by atoms with Crippen molar-refractivity contribution in [2.75, 3.05) is 13.2 Å². The predicted octanol–water partition coefficient (Wildman–Crippen LogP) is 14.1. The maximum absolute atomic E-state index is 13.1. The molecule has 0 spiro atoms. The van der Waals surface area contributed by atoms with Crippen molar-refractivity contribution in [1.29, 1.82) is 0 Å². The highest BCUT2D eigenvalue weighted by atomic mass is 16.7. The SMILES string of the molecule is CC/C=C\C/C=C\C/C=C\C/C=C\C/C=C\C/C=C\CCCCCCCCCCC(=O)NC(COC1OC(CO)C(O)C(O)C1O)C(O)CCCCCCCCCCCCCCCCCCCCC. The number of amides is 1. The minimum atomic E-state index is -1.56. The van der Waals surface area contributed by atoms with Gasteiger partial charge in [-0.2, -0.15) is 0 Å². The van der Waals surface area contributed by atoms with Gasteiger partial charge in [-0.1, -0.05) is 247 Å². The van der Waals surface area contributed by atoms with Crippen LogP contribution in [-0.2, 0) is 14.3 Å². The zero-order chi connectivity index (χ0) is 50.1. The third-order valence-electron chi connectivity index (χ3n) is 13.3. The van der Waals surface area contributed by atoms with Crippen molar-refractivity contribution in [3.63, 3.8) is 0 Å². The molecular weight excluding hydrogens is 863 g/mol. The van der Waals surface area contributed by atoms with Crippen LogP contribution in [0.15, 0.2) is 72.9 Å². The third kappa shape index (κ3) is 38.9. The molecule has 0 aromatic carbocycles. The summed E-state index contributed by atoms with van der Waals surface area (Å²) in [6.45, 7) is 3.73. The quantitative estimate of drug-likeness (QED) is 0.0261. The molecule has 400 valence electrons. The molecule has 1 aliphatic rings. The average molecular weight is 971 g/mol. The highest BCUT2D eigenvalue weighted by Crippen LogP contribution is 2.23. The molecule has 0 bridgehead atoms. The van der Waals surface area contributed by atoms with Gasteiger partial charge >= 0.3 is 0 Å². The molecule has 0 aromatic heterocycles. The fourth-order valence-corrected chi connectivity index (χ4v) is 8.81. The lowest BCUT2D eigenvalue weighted by molar-refractivity contribution is -0.302. The highest BCUT2D eigenvalue weighted by molar-refractivity contribution is 5.76. The van der Waals surface area contributed by atoms with E-state index in [1.54, 1.807) is 0 Å². The zero-order valence-corrected chi connectivity index (χ0v) is 44.3. The molecule has 0 radical (unpaired) electrons. The van der Waals surface area contributed by atoms with Crippen LogP contribution in [0.3, 0.4) is 0 Å². The molecule has 1 heterocycles. The highest BCUT2D eigenvalue weighted by Gasteiger charge is 2.44. The Morgan fingerprint density at radius 1 is 0.507 bits per heavy atom. The fourth-order valence-electron chi connectivity index (χ4n) is 8.81. The molecule has 9 nitrogen and oxygen atoms in total. The van der Waals surface area contributed by atoms with Crippen LogP contribution in [0.2, 0.25) is 0 Å². The molecule has 1 saturated heterocycles.